The number of unbranched alkanes of at least 4 members (excludes halogenated alkanes) is 4. The van der Waals surface area contributed by atoms with Crippen LogP contribution in [0.25, 0.3) is 10.9 Å². The Morgan fingerprint density at radius 2 is 1.94 bits per heavy atom. The molecule has 0 saturated carbocycles. The summed E-state index contributed by atoms with van der Waals surface area (Å²) >= 11 is 6.22. The van der Waals surface area contributed by atoms with Crippen molar-refractivity contribution >= 4 is 34.2 Å². The Hall–Kier alpha value is -3.10. The van der Waals surface area contributed by atoms with E-state index in [0.717, 1.165) is 29.3 Å². The number of anilines is 1. The molecule has 31 heavy (non-hydrogen) atoms. The molecule has 4 rings (SSSR count). The third-order valence-corrected chi connectivity index (χ3v) is 5.70. The van der Waals surface area contributed by atoms with Crippen molar-refractivity contribution in [3.63, 3.8) is 0 Å². The number of nitrogens with one attached hydrogen (secondary N) is 1. The summed E-state index contributed by atoms with van der Waals surface area (Å²) < 4.78 is 12.6. The Kier molecular flexibility index (Phi) is 6.39. The molecule has 1 aromatic heterocycles. The van der Waals surface area contributed by atoms with E-state index in [9.17, 15) is 4.79 Å². The van der Waals surface area contributed by atoms with Crippen LogP contribution in [0, 0.1) is 18.8 Å². The van der Waals surface area contributed by atoms with Gasteiger partial charge in [-0.2, -0.15) is 0 Å². The predicted molar refractivity (Wildman–Crippen MR) is 124 cm³/mol. The summed E-state index contributed by atoms with van der Waals surface area (Å²) in [4.78, 5) is 13.2. The standard InChI is InChI=1S/C25H25ClN2O3/c1-3-4-5-6-7-8-9-20-12-18-13-23-24(31-16-30-23)15-22(18)28(20)25(29)27-19-11-10-17(2)21(26)14-19/h10-15H,3-7,16H2,1-2H3,(H,27,29). The zero-order valence-corrected chi connectivity index (χ0v) is 18.5. The first-order chi connectivity index (χ1) is 15.1. The van der Waals surface area contributed by atoms with Crippen LogP contribution >= 0.6 is 11.6 Å². The number of carbonyl (C=O) groups is 1. The van der Waals surface area contributed by atoms with Gasteiger partial charge in [-0.25, -0.2) is 4.79 Å². The van der Waals surface area contributed by atoms with Crippen LogP contribution < -0.4 is 14.8 Å². The number of hydrogen-bond donors (Lipinski definition) is 1. The highest BCUT2D eigenvalue weighted by atomic mass is 35.5. The van der Waals surface area contributed by atoms with E-state index in [1.165, 1.54) is 19.3 Å². The van der Waals surface area contributed by atoms with Gasteiger partial charge in [-0.3, -0.25) is 4.57 Å². The van der Waals surface area contributed by atoms with E-state index in [2.05, 4.69) is 24.1 Å². The maximum Gasteiger partial charge on any atom is 0.331 e. The smallest absolute Gasteiger partial charge is 0.331 e. The summed E-state index contributed by atoms with van der Waals surface area (Å²) in [5, 5.41) is 4.40. The molecular formula is C25H25ClN2O3. The number of rotatable bonds is 5. The number of amides is 1. The van der Waals surface area contributed by atoms with Crippen LogP contribution in [0.2, 0.25) is 5.02 Å². The maximum absolute atomic E-state index is 13.2. The van der Waals surface area contributed by atoms with Gasteiger partial charge in [-0.05, 0) is 49.1 Å². The molecule has 2 heterocycles. The van der Waals surface area contributed by atoms with Gasteiger partial charge in [-0.1, -0.05) is 49.8 Å². The van der Waals surface area contributed by atoms with Crippen LogP contribution in [0.4, 0.5) is 10.5 Å². The lowest BCUT2D eigenvalue weighted by Crippen LogP contribution is -2.20. The van der Waals surface area contributed by atoms with Crippen LogP contribution in [0.3, 0.4) is 0 Å². The fourth-order valence-corrected chi connectivity index (χ4v) is 3.73. The minimum atomic E-state index is -0.302. The molecule has 1 aliphatic heterocycles. The molecule has 160 valence electrons. The van der Waals surface area contributed by atoms with E-state index in [4.69, 9.17) is 21.1 Å². The normalized spacial score (nSPS) is 12.0. The molecule has 6 heteroatoms. The molecule has 1 N–H and O–H groups in total. The second kappa shape index (κ2) is 9.36. The second-order valence-electron chi connectivity index (χ2n) is 7.64. The highest BCUT2D eigenvalue weighted by Crippen LogP contribution is 2.37. The molecule has 0 saturated heterocycles. The predicted octanol–water partition coefficient (Wildman–Crippen LogP) is 6.73. The van der Waals surface area contributed by atoms with Gasteiger partial charge in [0.25, 0.3) is 0 Å². The molecule has 0 fully saturated rings. The van der Waals surface area contributed by atoms with Crippen LogP contribution in [0.1, 0.15) is 50.3 Å². The molecule has 0 radical (unpaired) electrons. The number of hydrogen-bond acceptors (Lipinski definition) is 3. The van der Waals surface area contributed by atoms with Gasteiger partial charge in [-0.15, -0.1) is 0 Å². The zero-order valence-electron chi connectivity index (χ0n) is 17.8. The second-order valence-corrected chi connectivity index (χ2v) is 8.04. The summed E-state index contributed by atoms with van der Waals surface area (Å²) in [5.41, 5.74) is 2.93. The summed E-state index contributed by atoms with van der Waals surface area (Å²) in [6.07, 6.45) is 5.45. The number of carbonyl (C=O) groups excluding carboxylic acids is 1. The lowest BCUT2D eigenvalue weighted by atomic mass is 10.1. The van der Waals surface area contributed by atoms with E-state index < -0.39 is 0 Å². The monoisotopic (exact) mass is 436 g/mol. The Balaban J connectivity index is 1.67. The van der Waals surface area contributed by atoms with Crippen LogP contribution in [-0.4, -0.2) is 17.4 Å². The number of fused-ring (bicyclic) bond motifs is 2. The Morgan fingerprint density at radius 1 is 1.13 bits per heavy atom. The fraction of sp³-hybridized carbons (Fsp3) is 0.320. The Morgan fingerprint density at radius 3 is 2.71 bits per heavy atom. The first-order valence-electron chi connectivity index (χ1n) is 10.6. The maximum atomic E-state index is 13.2. The number of aromatic nitrogens is 1. The summed E-state index contributed by atoms with van der Waals surface area (Å²) in [5.74, 6) is 7.70. The minimum absolute atomic E-state index is 0.181. The summed E-state index contributed by atoms with van der Waals surface area (Å²) in [6, 6.07) is 10.8. The molecule has 5 nitrogen and oxygen atoms in total. The SMILES string of the molecule is CCCCCCC#Cc1cc2cc3c(cc2n1C(=O)Nc1ccc(C)c(Cl)c1)OCO3. The lowest BCUT2D eigenvalue weighted by Gasteiger charge is -2.10. The molecule has 0 spiro atoms. The van der Waals surface area contributed by atoms with Crippen LogP contribution in [0.5, 0.6) is 11.5 Å². The van der Waals surface area contributed by atoms with Crippen molar-refractivity contribution in [1.82, 2.24) is 4.57 Å². The number of benzene rings is 2. The third-order valence-electron chi connectivity index (χ3n) is 5.29. The van der Waals surface area contributed by atoms with Gasteiger partial charge in [0, 0.05) is 28.6 Å². The minimum Gasteiger partial charge on any atom is -0.454 e. The fourth-order valence-electron chi connectivity index (χ4n) is 3.55. The largest absolute Gasteiger partial charge is 0.454 e. The van der Waals surface area contributed by atoms with Crippen molar-refractivity contribution in [3.8, 4) is 23.3 Å². The molecule has 0 unspecified atom stereocenters. The van der Waals surface area contributed by atoms with Gasteiger partial charge >= 0.3 is 6.03 Å². The number of nitrogens with zero attached hydrogens (tertiary/aromatic N) is 1. The average Bonchev–Trinajstić information content (AvgIpc) is 3.34. The van der Waals surface area contributed by atoms with E-state index in [1.54, 1.807) is 10.6 Å². The van der Waals surface area contributed by atoms with Gasteiger partial charge in [0.15, 0.2) is 11.5 Å². The third kappa shape index (κ3) is 4.65. The molecule has 1 amide bonds. The van der Waals surface area contributed by atoms with Crippen molar-refractivity contribution in [2.45, 2.75) is 46.0 Å². The topological polar surface area (TPSA) is 52.5 Å². The van der Waals surface area contributed by atoms with Crippen molar-refractivity contribution in [3.05, 3.63) is 52.7 Å². The van der Waals surface area contributed by atoms with E-state index in [1.807, 2.05) is 37.3 Å². The summed E-state index contributed by atoms with van der Waals surface area (Å²) in [6.45, 7) is 4.29. The Bertz CT molecular complexity index is 1190. The summed E-state index contributed by atoms with van der Waals surface area (Å²) in [7, 11) is 0. The van der Waals surface area contributed by atoms with Gasteiger partial charge < -0.3 is 14.8 Å². The molecular weight excluding hydrogens is 412 g/mol. The molecule has 1 aliphatic rings. The molecule has 0 aliphatic carbocycles. The highest BCUT2D eigenvalue weighted by Gasteiger charge is 2.20. The van der Waals surface area contributed by atoms with Crippen molar-refractivity contribution in [2.24, 2.45) is 0 Å². The van der Waals surface area contributed by atoms with Gasteiger partial charge in [0.2, 0.25) is 6.79 Å². The van der Waals surface area contributed by atoms with Crippen molar-refractivity contribution in [2.75, 3.05) is 12.1 Å². The zero-order chi connectivity index (χ0) is 21.8. The molecule has 3 aromatic rings. The van der Waals surface area contributed by atoms with Gasteiger partial charge in [0.1, 0.15) is 5.69 Å². The Labute approximate surface area is 187 Å². The van der Waals surface area contributed by atoms with Crippen molar-refractivity contribution < 1.29 is 14.3 Å². The van der Waals surface area contributed by atoms with E-state index >= 15 is 0 Å². The lowest BCUT2D eigenvalue weighted by molar-refractivity contribution is 0.174. The first kappa shape index (κ1) is 21.1. The van der Waals surface area contributed by atoms with E-state index in [0.29, 0.717) is 27.9 Å². The highest BCUT2D eigenvalue weighted by molar-refractivity contribution is 6.31. The average molecular weight is 437 g/mol. The van der Waals surface area contributed by atoms with Crippen molar-refractivity contribution in [1.29, 1.82) is 0 Å². The first-order valence-corrected chi connectivity index (χ1v) is 11.0. The number of halogens is 1. The van der Waals surface area contributed by atoms with E-state index in [-0.39, 0.29) is 12.8 Å². The van der Waals surface area contributed by atoms with Crippen LogP contribution in [0.15, 0.2) is 36.4 Å². The van der Waals surface area contributed by atoms with Crippen LogP contribution in [-0.2, 0) is 0 Å². The molecule has 2 aromatic carbocycles. The molecule has 0 bridgehead atoms. The number of ether oxygens (including phenoxy) is 2. The molecule has 0 atom stereocenters. The number of aryl methyl sites for hydroxylation is 1. The van der Waals surface area contributed by atoms with Gasteiger partial charge in [0.05, 0.1) is 5.52 Å². The quantitative estimate of drug-likeness (QED) is 0.356.